The highest BCUT2D eigenvalue weighted by Gasteiger charge is 2.43. The number of hydrogen-bond acceptors (Lipinski definition) is 4. The molecule has 1 fully saturated rings. The van der Waals surface area contributed by atoms with Crippen LogP contribution in [-0.4, -0.2) is 31.1 Å². The summed E-state index contributed by atoms with van der Waals surface area (Å²) < 4.78 is 23.1. The molecule has 0 saturated heterocycles. The normalized spacial score (nSPS) is 23.4. The van der Waals surface area contributed by atoms with Gasteiger partial charge in [-0.15, -0.1) is 0 Å². The van der Waals surface area contributed by atoms with Gasteiger partial charge in [0.05, 0.1) is 20.1 Å². The van der Waals surface area contributed by atoms with Gasteiger partial charge in [0.25, 0.3) is 0 Å². The van der Waals surface area contributed by atoms with Crippen molar-refractivity contribution < 1.29 is 23.5 Å². The molecule has 0 spiro atoms. The number of amides is 1. The Kier molecular flexibility index (Phi) is 6.17. The van der Waals surface area contributed by atoms with Crippen LogP contribution >= 0.6 is 0 Å². The van der Waals surface area contributed by atoms with Crippen molar-refractivity contribution in [3.63, 3.8) is 0 Å². The number of halogens is 1. The lowest BCUT2D eigenvalue weighted by Crippen LogP contribution is -2.56. The third-order valence-corrected chi connectivity index (χ3v) is 4.49. The number of benzene rings is 1. The van der Waals surface area contributed by atoms with Crippen LogP contribution in [0.1, 0.15) is 39.0 Å². The van der Waals surface area contributed by atoms with E-state index in [1.165, 1.54) is 31.4 Å². The van der Waals surface area contributed by atoms with Gasteiger partial charge in [0.1, 0.15) is 17.1 Å². The van der Waals surface area contributed by atoms with E-state index >= 15 is 0 Å². The molecule has 2 rings (SSSR count). The summed E-state index contributed by atoms with van der Waals surface area (Å²) in [6.07, 6.45) is 3.05. The fourth-order valence-corrected chi connectivity index (χ4v) is 2.95. The summed E-state index contributed by atoms with van der Waals surface area (Å²) in [5, 5.41) is 2.85. The van der Waals surface area contributed by atoms with E-state index in [-0.39, 0.29) is 30.7 Å². The first kappa shape index (κ1) is 18.2. The van der Waals surface area contributed by atoms with Gasteiger partial charge in [-0.25, -0.2) is 9.18 Å². The Balaban J connectivity index is 1.86. The molecule has 0 aliphatic heterocycles. The van der Waals surface area contributed by atoms with Crippen molar-refractivity contribution >= 4 is 11.9 Å². The van der Waals surface area contributed by atoms with Gasteiger partial charge < -0.3 is 14.8 Å². The first-order chi connectivity index (χ1) is 11.4. The van der Waals surface area contributed by atoms with Gasteiger partial charge in [-0.1, -0.05) is 6.92 Å². The number of rotatable bonds is 6. The van der Waals surface area contributed by atoms with Gasteiger partial charge in [-0.05, 0) is 55.9 Å². The molecule has 1 aliphatic carbocycles. The predicted octanol–water partition coefficient (Wildman–Crippen LogP) is 2.83. The van der Waals surface area contributed by atoms with Gasteiger partial charge in [0.2, 0.25) is 5.91 Å². The number of ether oxygens (including phenoxy) is 2. The number of nitrogens with one attached hydrogen (secondary N) is 1. The fourth-order valence-electron chi connectivity index (χ4n) is 2.95. The molecular weight excluding hydrogens is 313 g/mol. The molecule has 0 heterocycles. The van der Waals surface area contributed by atoms with Gasteiger partial charge >= 0.3 is 5.97 Å². The molecule has 1 aliphatic rings. The van der Waals surface area contributed by atoms with Crippen LogP contribution in [0.4, 0.5) is 4.39 Å². The van der Waals surface area contributed by atoms with Crippen molar-refractivity contribution in [2.24, 2.45) is 5.92 Å². The number of carbonyl (C=O) groups excluding carboxylic acids is 2. The van der Waals surface area contributed by atoms with Crippen LogP contribution in [0.2, 0.25) is 0 Å². The predicted molar refractivity (Wildman–Crippen MR) is 87.0 cm³/mol. The summed E-state index contributed by atoms with van der Waals surface area (Å²) in [5.74, 6) is 0.0609. The van der Waals surface area contributed by atoms with Gasteiger partial charge in [0.15, 0.2) is 0 Å². The third kappa shape index (κ3) is 4.69. The molecule has 5 nitrogen and oxygen atoms in total. The maximum Gasteiger partial charge on any atom is 0.331 e. The lowest BCUT2D eigenvalue weighted by atomic mass is 9.77. The molecule has 0 radical (unpaired) electrons. The topological polar surface area (TPSA) is 64.6 Å². The van der Waals surface area contributed by atoms with Crippen molar-refractivity contribution in [3.05, 3.63) is 30.1 Å². The van der Waals surface area contributed by atoms with Gasteiger partial charge in [-0.2, -0.15) is 0 Å². The average molecular weight is 337 g/mol. The van der Waals surface area contributed by atoms with E-state index in [1.54, 1.807) is 0 Å². The summed E-state index contributed by atoms with van der Waals surface area (Å²) in [7, 11) is 1.34. The minimum atomic E-state index is -0.922. The molecule has 24 heavy (non-hydrogen) atoms. The second-order valence-corrected chi connectivity index (χ2v) is 6.36. The maximum atomic E-state index is 12.8. The van der Waals surface area contributed by atoms with Gasteiger partial charge in [-0.3, -0.25) is 4.79 Å². The molecule has 6 heteroatoms. The highest BCUT2D eigenvalue weighted by molar-refractivity contribution is 5.88. The molecular formula is C18H24FNO4. The Morgan fingerprint density at radius 3 is 2.46 bits per heavy atom. The molecule has 1 aromatic carbocycles. The fraction of sp³-hybridized carbons (Fsp3) is 0.556. The van der Waals surface area contributed by atoms with E-state index in [9.17, 15) is 14.0 Å². The lowest BCUT2D eigenvalue weighted by Gasteiger charge is -2.37. The number of esters is 1. The number of carbonyl (C=O) groups is 2. The minimum absolute atomic E-state index is 0.117. The SMILES string of the molecule is COC(=O)C1(NC(=O)CCOc2ccc(F)cc2)CCC(C)CC1. The van der Waals surface area contributed by atoms with Crippen LogP contribution in [0, 0.1) is 11.7 Å². The van der Waals surface area contributed by atoms with E-state index in [2.05, 4.69) is 12.2 Å². The third-order valence-electron chi connectivity index (χ3n) is 4.49. The molecule has 0 unspecified atom stereocenters. The molecule has 1 aromatic rings. The van der Waals surface area contributed by atoms with E-state index in [4.69, 9.17) is 9.47 Å². The zero-order valence-corrected chi connectivity index (χ0v) is 14.1. The zero-order chi connectivity index (χ0) is 17.6. The molecule has 1 N–H and O–H groups in total. The Morgan fingerprint density at radius 2 is 1.88 bits per heavy atom. The maximum absolute atomic E-state index is 12.8. The van der Waals surface area contributed by atoms with Crippen LogP contribution in [0.15, 0.2) is 24.3 Å². The van der Waals surface area contributed by atoms with Crippen molar-refractivity contribution in [3.8, 4) is 5.75 Å². The summed E-state index contributed by atoms with van der Waals surface area (Å²) >= 11 is 0. The Morgan fingerprint density at radius 1 is 1.25 bits per heavy atom. The Bertz CT molecular complexity index is 565. The molecule has 1 saturated carbocycles. The highest BCUT2D eigenvalue weighted by atomic mass is 19.1. The lowest BCUT2D eigenvalue weighted by molar-refractivity contribution is -0.153. The largest absolute Gasteiger partial charge is 0.493 e. The second-order valence-electron chi connectivity index (χ2n) is 6.36. The first-order valence-corrected chi connectivity index (χ1v) is 8.23. The molecule has 0 aromatic heterocycles. The van der Waals surface area contributed by atoms with Crippen LogP contribution in [-0.2, 0) is 14.3 Å². The van der Waals surface area contributed by atoms with Crippen LogP contribution in [0.5, 0.6) is 5.75 Å². The Hall–Kier alpha value is -2.11. The van der Waals surface area contributed by atoms with Crippen LogP contribution < -0.4 is 10.1 Å². The summed E-state index contributed by atoms with van der Waals surface area (Å²) in [6, 6.07) is 5.60. The van der Waals surface area contributed by atoms with E-state index in [0.717, 1.165) is 12.8 Å². The van der Waals surface area contributed by atoms with Crippen molar-refractivity contribution in [2.75, 3.05) is 13.7 Å². The van der Waals surface area contributed by atoms with Crippen LogP contribution in [0.3, 0.4) is 0 Å². The second kappa shape index (κ2) is 8.13. The van der Waals surface area contributed by atoms with Gasteiger partial charge in [0, 0.05) is 0 Å². The standard InChI is InChI=1S/C18H24FNO4/c1-13-7-10-18(11-8-13,17(22)23-2)20-16(21)9-12-24-15-5-3-14(19)4-6-15/h3-6,13H,7-12H2,1-2H3,(H,20,21). The van der Waals surface area contributed by atoms with Crippen LogP contribution in [0.25, 0.3) is 0 Å². The Labute approximate surface area is 141 Å². The number of hydrogen-bond donors (Lipinski definition) is 1. The van der Waals surface area contributed by atoms with Crippen molar-refractivity contribution in [1.29, 1.82) is 0 Å². The summed E-state index contributed by atoms with van der Waals surface area (Å²) in [5.41, 5.74) is -0.922. The smallest absolute Gasteiger partial charge is 0.331 e. The quantitative estimate of drug-likeness (QED) is 0.811. The van der Waals surface area contributed by atoms with E-state index in [0.29, 0.717) is 24.5 Å². The minimum Gasteiger partial charge on any atom is -0.493 e. The highest BCUT2D eigenvalue weighted by Crippen LogP contribution is 2.33. The average Bonchev–Trinajstić information content (AvgIpc) is 2.58. The first-order valence-electron chi connectivity index (χ1n) is 8.23. The monoisotopic (exact) mass is 337 g/mol. The van der Waals surface area contributed by atoms with Crippen molar-refractivity contribution in [2.45, 2.75) is 44.6 Å². The molecule has 132 valence electrons. The number of methoxy groups -OCH3 is 1. The summed E-state index contributed by atoms with van der Waals surface area (Å²) in [4.78, 5) is 24.4. The molecule has 0 atom stereocenters. The zero-order valence-electron chi connectivity index (χ0n) is 14.1. The van der Waals surface area contributed by atoms with Crippen molar-refractivity contribution in [1.82, 2.24) is 5.32 Å². The molecule has 0 bridgehead atoms. The van der Waals surface area contributed by atoms with E-state index < -0.39 is 5.54 Å². The van der Waals surface area contributed by atoms with E-state index in [1.807, 2.05) is 0 Å². The summed E-state index contributed by atoms with van der Waals surface area (Å²) in [6.45, 7) is 2.30. The molecule has 1 amide bonds.